The number of rotatable bonds is 7. The normalized spacial score (nSPS) is 16.2. The molecule has 0 bridgehead atoms. The molecule has 10 nitrogen and oxygen atoms in total. The highest BCUT2D eigenvalue weighted by molar-refractivity contribution is 7.88. The molecule has 4 rings (SSSR count). The second-order valence-corrected chi connectivity index (χ2v) is 11.2. The predicted molar refractivity (Wildman–Crippen MR) is 134 cm³/mol. The molecule has 1 atom stereocenters. The van der Waals surface area contributed by atoms with E-state index in [1.807, 2.05) is 38.1 Å². The predicted octanol–water partition coefficient (Wildman–Crippen LogP) is 1.99. The molecule has 0 unspecified atom stereocenters. The molecule has 1 N–H and O–H groups in total. The lowest BCUT2D eigenvalue weighted by Crippen LogP contribution is -2.51. The van der Waals surface area contributed by atoms with Gasteiger partial charge in [0.1, 0.15) is 6.33 Å². The Bertz CT molecular complexity index is 1310. The summed E-state index contributed by atoms with van der Waals surface area (Å²) in [6.45, 7) is 6.67. The number of aromatic nitrogens is 4. The van der Waals surface area contributed by atoms with E-state index in [4.69, 9.17) is 11.6 Å². The number of hydrogen-bond donors (Lipinski definition) is 1. The van der Waals surface area contributed by atoms with Gasteiger partial charge in [-0.15, -0.1) is 5.10 Å². The van der Waals surface area contributed by atoms with Crippen LogP contribution in [-0.2, 0) is 10.0 Å². The van der Waals surface area contributed by atoms with Crippen LogP contribution in [0.25, 0.3) is 16.8 Å². The van der Waals surface area contributed by atoms with Crippen LogP contribution in [0.1, 0.15) is 22.8 Å². The van der Waals surface area contributed by atoms with Gasteiger partial charge in [-0.05, 0) is 59.7 Å². The van der Waals surface area contributed by atoms with E-state index >= 15 is 0 Å². The maximum atomic E-state index is 13.2. The molecule has 12 heteroatoms. The largest absolute Gasteiger partial charge is 0.348 e. The zero-order valence-corrected chi connectivity index (χ0v) is 21.4. The molecule has 2 aromatic carbocycles. The van der Waals surface area contributed by atoms with Crippen molar-refractivity contribution in [3.63, 3.8) is 0 Å². The van der Waals surface area contributed by atoms with E-state index in [0.717, 1.165) is 16.7 Å². The summed E-state index contributed by atoms with van der Waals surface area (Å²) < 4.78 is 26.4. The van der Waals surface area contributed by atoms with Gasteiger partial charge < -0.3 is 5.32 Å². The molecule has 1 fully saturated rings. The summed E-state index contributed by atoms with van der Waals surface area (Å²) in [7, 11) is -3.18. The fraction of sp³-hybridized carbons (Fsp3) is 0.391. The first-order valence-electron chi connectivity index (χ1n) is 11.2. The van der Waals surface area contributed by atoms with E-state index in [-0.39, 0.29) is 11.9 Å². The zero-order chi connectivity index (χ0) is 25.2. The smallest absolute Gasteiger partial charge is 0.251 e. The number of carbonyl (C=O) groups excluding carboxylic acids is 1. The summed E-state index contributed by atoms with van der Waals surface area (Å²) in [5.41, 5.74) is 3.72. The number of amides is 1. The summed E-state index contributed by atoms with van der Waals surface area (Å²) in [5.74, 6) is -0.230. The average molecular weight is 518 g/mol. The lowest BCUT2D eigenvalue weighted by molar-refractivity contribution is 0.0922. The van der Waals surface area contributed by atoms with Crippen molar-refractivity contribution in [2.75, 3.05) is 39.0 Å². The molecule has 1 aliphatic heterocycles. The molecule has 35 heavy (non-hydrogen) atoms. The SMILES string of the molecule is Cc1ccc(-c2cc(C(=O)N[C@H](C)CN3CCN(S(C)(=O)=O)CC3)cc(-n3cnnn3)c2)c(Cl)c1. The third kappa shape index (κ3) is 6.23. The Morgan fingerprint density at radius 1 is 1.14 bits per heavy atom. The molecule has 1 saturated heterocycles. The maximum absolute atomic E-state index is 13.2. The summed E-state index contributed by atoms with van der Waals surface area (Å²) in [4.78, 5) is 15.4. The van der Waals surface area contributed by atoms with Gasteiger partial charge in [0.05, 0.1) is 11.9 Å². The van der Waals surface area contributed by atoms with E-state index < -0.39 is 10.0 Å². The van der Waals surface area contributed by atoms with Gasteiger partial charge in [0, 0.05) is 54.9 Å². The van der Waals surface area contributed by atoms with Crippen molar-refractivity contribution in [1.29, 1.82) is 0 Å². The minimum atomic E-state index is -3.18. The highest BCUT2D eigenvalue weighted by atomic mass is 35.5. The minimum Gasteiger partial charge on any atom is -0.348 e. The van der Waals surface area contributed by atoms with Gasteiger partial charge in [-0.25, -0.2) is 13.1 Å². The number of aryl methyl sites for hydroxylation is 1. The van der Waals surface area contributed by atoms with Crippen LogP contribution in [0, 0.1) is 6.92 Å². The highest BCUT2D eigenvalue weighted by Gasteiger charge is 2.24. The quantitative estimate of drug-likeness (QED) is 0.509. The third-order valence-corrected chi connectivity index (χ3v) is 7.55. The van der Waals surface area contributed by atoms with Crippen LogP contribution in [0.3, 0.4) is 0 Å². The molecule has 0 spiro atoms. The zero-order valence-electron chi connectivity index (χ0n) is 19.8. The van der Waals surface area contributed by atoms with Crippen molar-refractivity contribution in [1.82, 2.24) is 34.7 Å². The number of hydrogen-bond acceptors (Lipinski definition) is 7. The molecule has 1 aliphatic rings. The Kier molecular flexibility index (Phi) is 7.50. The van der Waals surface area contributed by atoms with Gasteiger partial charge in [0.25, 0.3) is 5.91 Å². The Hall–Kier alpha value is -2.86. The molecule has 1 aromatic heterocycles. The number of halogens is 1. The van der Waals surface area contributed by atoms with Gasteiger partial charge in [-0.2, -0.15) is 4.31 Å². The van der Waals surface area contributed by atoms with E-state index in [2.05, 4.69) is 25.7 Å². The minimum absolute atomic E-state index is 0.143. The first kappa shape index (κ1) is 25.2. The number of piperazine rings is 1. The van der Waals surface area contributed by atoms with E-state index in [1.165, 1.54) is 21.6 Å². The molecule has 1 amide bonds. The molecule has 3 aromatic rings. The molecule has 186 valence electrons. The maximum Gasteiger partial charge on any atom is 0.251 e. The lowest BCUT2D eigenvalue weighted by Gasteiger charge is -2.34. The van der Waals surface area contributed by atoms with Crippen molar-refractivity contribution >= 4 is 27.5 Å². The summed E-state index contributed by atoms with van der Waals surface area (Å²) in [5, 5.41) is 15.0. The number of nitrogens with zero attached hydrogens (tertiary/aromatic N) is 6. The van der Waals surface area contributed by atoms with Crippen molar-refractivity contribution in [2.45, 2.75) is 19.9 Å². The summed E-state index contributed by atoms with van der Waals surface area (Å²) in [6, 6.07) is 11.1. The van der Waals surface area contributed by atoms with Gasteiger partial charge >= 0.3 is 0 Å². The second-order valence-electron chi connectivity index (χ2n) is 8.84. The van der Waals surface area contributed by atoms with Gasteiger partial charge in [0.15, 0.2) is 0 Å². The standard InChI is InChI=1S/C23H28ClN7O3S/c1-16-4-5-21(22(24)10-16)18-11-19(13-20(12-18)31-15-25-27-28-31)23(32)26-17(2)14-29-6-8-30(9-7-29)35(3,33)34/h4-5,10-13,15,17H,6-9,14H2,1-3H3,(H,26,32)/t17-/m1/s1. The molecule has 0 aliphatic carbocycles. The van der Waals surface area contributed by atoms with Crippen LogP contribution in [0.5, 0.6) is 0 Å². The Labute approximate surface area is 209 Å². The number of tetrazole rings is 1. The van der Waals surface area contributed by atoms with Crippen molar-refractivity contribution in [3.8, 4) is 16.8 Å². The van der Waals surface area contributed by atoms with Crippen molar-refractivity contribution in [2.24, 2.45) is 0 Å². The van der Waals surface area contributed by atoms with Gasteiger partial charge in [-0.3, -0.25) is 9.69 Å². The van der Waals surface area contributed by atoms with E-state index in [1.54, 1.807) is 12.1 Å². The van der Waals surface area contributed by atoms with E-state index in [9.17, 15) is 13.2 Å². The molecule has 0 saturated carbocycles. The van der Waals surface area contributed by atoms with Crippen LogP contribution in [0.2, 0.25) is 5.02 Å². The monoisotopic (exact) mass is 517 g/mol. The van der Waals surface area contributed by atoms with Crippen LogP contribution in [-0.4, -0.2) is 88.8 Å². The lowest BCUT2D eigenvalue weighted by atomic mass is 10.00. The molecular formula is C23H28ClN7O3S. The van der Waals surface area contributed by atoms with Crippen LogP contribution < -0.4 is 5.32 Å². The van der Waals surface area contributed by atoms with Crippen LogP contribution >= 0.6 is 11.6 Å². The third-order valence-electron chi connectivity index (χ3n) is 5.94. The first-order valence-corrected chi connectivity index (χ1v) is 13.5. The fourth-order valence-corrected chi connectivity index (χ4v) is 5.32. The summed E-state index contributed by atoms with van der Waals surface area (Å²) >= 11 is 6.51. The van der Waals surface area contributed by atoms with Crippen molar-refractivity contribution < 1.29 is 13.2 Å². The van der Waals surface area contributed by atoms with Gasteiger partial charge in [-0.1, -0.05) is 23.7 Å². The molecule has 0 radical (unpaired) electrons. The Balaban J connectivity index is 1.51. The fourth-order valence-electron chi connectivity index (χ4n) is 4.15. The first-order chi connectivity index (χ1) is 16.6. The number of nitrogens with one attached hydrogen (secondary N) is 1. The number of sulfonamides is 1. The highest BCUT2D eigenvalue weighted by Crippen LogP contribution is 2.31. The van der Waals surface area contributed by atoms with Gasteiger partial charge in [0.2, 0.25) is 10.0 Å². The Morgan fingerprint density at radius 3 is 2.51 bits per heavy atom. The molecular weight excluding hydrogens is 490 g/mol. The Morgan fingerprint density at radius 2 is 1.89 bits per heavy atom. The number of carbonyl (C=O) groups is 1. The molecule has 2 heterocycles. The topological polar surface area (TPSA) is 113 Å². The van der Waals surface area contributed by atoms with Crippen LogP contribution in [0.15, 0.2) is 42.7 Å². The summed E-state index contributed by atoms with van der Waals surface area (Å²) in [6.07, 6.45) is 2.70. The van der Waals surface area contributed by atoms with Crippen LogP contribution in [0.4, 0.5) is 0 Å². The second kappa shape index (κ2) is 10.4. The van der Waals surface area contributed by atoms with E-state index in [0.29, 0.717) is 49.0 Å². The van der Waals surface area contributed by atoms with Crippen molar-refractivity contribution in [3.05, 3.63) is 58.9 Å². The number of benzene rings is 2. The average Bonchev–Trinajstić information content (AvgIpc) is 3.33.